The number of benzene rings is 2. The Labute approximate surface area is 166 Å². The second-order valence-corrected chi connectivity index (χ2v) is 7.66. The number of amides is 2. The van der Waals surface area contributed by atoms with Gasteiger partial charge in [-0.3, -0.25) is 4.90 Å². The lowest BCUT2D eigenvalue weighted by Crippen LogP contribution is -2.65. The monoisotopic (exact) mass is 432 g/mol. The van der Waals surface area contributed by atoms with E-state index in [0.717, 1.165) is 10.0 Å². The number of rotatable bonds is 4. The van der Waals surface area contributed by atoms with E-state index < -0.39 is 5.72 Å². The molecule has 1 fully saturated rings. The zero-order valence-electron chi connectivity index (χ0n) is 15.4. The summed E-state index contributed by atoms with van der Waals surface area (Å²) in [5.74, 6) is 1.93. The molecule has 2 aliphatic rings. The number of hydrogen-bond acceptors (Lipinski definition) is 4. The summed E-state index contributed by atoms with van der Waals surface area (Å²) in [4.78, 5) is 14.7. The van der Waals surface area contributed by atoms with E-state index in [-0.39, 0.29) is 12.1 Å². The van der Waals surface area contributed by atoms with Gasteiger partial charge >= 0.3 is 6.03 Å². The van der Waals surface area contributed by atoms with Crippen LogP contribution in [-0.4, -0.2) is 25.5 Å². The fraction of sp³-hybridized carbons (Fsp3) is 0.350. The maximum Gasteiger partial charge on any atom is 0.325 e. The van der Waals surface area contributed by atoms with Crippen LogP contribution < -0.4 is 24.4 Å². The number of carbonyl (C=O) groups excluding carboxylic acids is 1. The van der Waals surface area contributed by atoms with Gasteiger partial charge in [0.2, 0.25) is 0 Å². The van der Waals surface area contributed by atoms with E-state index in [0.29, 0.717) is 36.0 Å². The predicted molar refractivity (Wildman–Crippen MR) is 106 cm³/mol. The van der Waals surface area contributed by atoms with Crippen LogP contribution in [-0.2, 0) is 0 Å². The summed E-state index contributed by atoms with van der Waals surface area (Å²) in [6.07, 6.45) is 0.603. The largest absolute Gasteiger partial charge is 0.493 e. The third-order valence-electron chi connectivity index (χ3n) is 4.93. The number of hydrogen-bond donors (Lipinski definition) is 1. The lowest BCUT2D eigenvalue weighted by molar-refractivity contribution is 0.0345. The lowest BCUT2D eigenvalue weighted by atomic mass is 9.90. The standard InChI is InChI=1S/C20H21BrN2O4/c1-4-26-16-8-6-5-7-15(16)23-19(24)22-14-11-20(23,2)27-18-13(14)9-12(21)10-17(18)25-3/h5-10,14H,4,11H2,1-3H3,(H,22,24)/t14?,20-/m1/s1. The van der Waals surface area contributed by atoms with Crippen LogP contribution >= 0.6 is 15.9 Å². The summed E-state index contributed by atoms with van der Waals surface area (Å²) < 4.78 is 18.5. The van der Waals surface area contributed by atoms with Crippen LogP contribution in [0.3, 0.4) is 0 Å². The van der Waals surface area contributed by atoms with Gasteiger partial charge in [0.25, 0.3) is 0 Å². The van der Waals surface area contributed by atoms with Gasteiger partial charge in [0.1, 0.15) is 5.75 Å². The zero-order valence-corrected chi connectivity index (χ0v) is 17.0. The van der Waals surface area contributed by atoms with E-state index in [1.54, 1.807) is 12.0 Å². The molecule has 2 amide bonds. The molecule has 27 heavy (non-hydrogen) atoms. The van der Waals surface area contributed by atoms with Gasteiger partial charge < -0.3 is 19.5 Å². The molecule has 142 valence electrons. The van der Waals surface area contributed by atoms with E-state index in [1.165, 1.54) is 0 Å². The highest BCUT2D eigenvalue weighted by Crippen LogP contribution is 2.51. The summed E-state index contributed by atoms with van der Waals surface area (Å²) >= 11 is 3.50. The number of carbonyl (C=O) groups is 1. The Morgan fingerprint density at radius 3 is 2.85 bits per heavy atom. The first-order valence-electron chi connectivity index (χ1n) is 8.86. The molecule has 2 aromatic carbocycles. The van der Waals surface area contributed by atoms with E-state index >= 15 is 0 Å². The second kappa shape index (κ2) is 6.64. The molecule has 1 N–H and O–H groups in total. The minimum absolute atomic E-state index is 0.159. The summed E-state index contributed by atoms with van der Waals surface area (Å²) in [5.41, 5.74) is 0.719. The number of nitrogens with one attached hydrogen (secondary N) is 1. The Kier molecular flexibility index (Phi) is 4.42. The van der Waals surface area contributed by atoms with E-state index in [2.05, 4.69) is 21.2 Å². The van der Waals surface area contributed by atoms with Crippen molar-refractivity contribution in [1.82, 2.24) is 5.32 Å². The molecule has 2 atom stereocenters. The molecule has 2 heterocycles. The maximum absolute atomic E-state index is 13.1. The van der Waals surface area contributed by atoms with Crippen LogP contribution in [0.15, 0.2) is 40.9 Å². The Hall–Kier alpha value is -2.41. The van der Waals surface area contributed by atoms with Crippen LogP contribution in [0.5, 0.6) is 17.2 Å². The summed E-state index contributed by atoms with van der Waals surface area (Å²) in [5, 5.41) is 3.10. The molecule has 0 spiro atoms. The Morgan fingerprint density at radius 1 is 1.33 bits per heavy atom. The molecule has 6 nitrogen and oxygen atoms in total. The van der Waals surface area contributed by atoms with Crippen molar-refractivity contribution in [1.29, 1.82) is 0 Å². The minimum Gasteiger partial charge on any atom is -0.493 e. The van der Waals surface area contributed by atoms with E-state index in [4.69, 9.17) is 14.2 Å². The summed E-state index contributed by atoms with van der Waals surface area (Å²) in [6.45, 7) is 4.35. The zero-order chi connectivity index (χ0) is 19.2. The minimum atomic E-state index is -0.867. The number of para-hydroxylation sites is 2. The van der Waals surface area contributed by atoms with Gasteiger partial charge in [-0.15, -0.1) is 0 Å². The predicted octanol–water partition coefficient (Wildman–Crippen LogP) is 4.63. The topological polar surface area (TPSA) is 60.0 Å². The second-order valence-electron chi connectivity index (χ2n) is 6.75. The third-order valence-corrected chi connectivity index (χ3v) is 5.39. The fourth-order valence-electron chi connectivity index (χ4n) is 3.84. The molecule has 7 heteroatoms. The first kappa shape index (κ1) is 18.0. The number of urea groups is 1. The van der Waals surface area contributed by atoms with Crippen molar-refractivity contribution >= 4 is 27.6 Å². The number of anilines is 1. The number of halogens is 1. The molecule has 1 saturated heterocycles. The van der Waals surface area contributed by atoms with Crippen LogP contribution in [0.1, 0.15) is 31.9 Å². The molecular weight excluding hydrogens is 412 g/mol. The van der Waals surface area contributed by atoms with E-state index in [1.807, 2.05) is 50.2 Å². The average Bonchev–Trinajstić information content (AvgIpc) is 2.63. The Morgan fingerprint density at radius 2 is 2.11 bits per heavy atom. The van der Waals surface area contributed by atoms with Crippen LogP contribution in [0, 0.1) is 0 Å². The smallest absolute Gasteiger partial charge is 0.325 e. The SMILES string of the molecule is CCOc1ccccc1N1C(=O)NC2C[C@@]1(C)Oc1c(OC)cc(Br)cc12. The molecule has 0 saturated carbocycles. The molecule has 0 aliphatic carbocycles. The number of methoxy groups -OCH3 is 1. The summed E-state index contributed by atoms with van der Waals surface area (Å²) in [6, 6.07) is 11.0. The molecule has 0 aromatic heterocycles. The first-order chi connectivity index (χ1) is 13.0. The highest BCUT2D eigenvalue weighted by Gasteiger charge is 2.51. The summed E-state index contributed by atoms with van der Waals surface area (Å²) in [7, 11) is 1.61. The fourth-order valence-corrected chi connectivity index (χ4v) is 4.29. The highest BCUT2D eigenvalue weighted by molar-refractivity contribution is 9.10. The first-order valence-corrected chi connectivity index (χ1v) is 9.65. The quantitative estimate of drug-likeness (QED) is 0.764. The number of ether oxygens (including phenoxy) is 3. The van der Waals surface area contributed by atoms with Gasteiger partial charge in [0.15, 0.2) is 17.2 Å². The van der Waals surface area contributed by atoms with Crippen molar-refractivity contribution in [2.45, 2.75) is 32.0 Å². The molecule has 0 radical (unpaired) electrons. The highest BCUT2D eigenvalue weighted by atomic mass is 79.9. The van der Waals surface area contributed by atoms with Gasteiger partial charge in [-0.1, -0.05) is 28.1 Å². The van der Waals surface area contributed by atoms with Gasteiger partial charge in [-0.25, -0.2) is 4.79 Å². The van der Waals surface area contributed by atoms with E-state index in [9.17, 15) is 4.79 Å². The van der Waals surface area contributed by atoms with Crippen LogP contribution in [0.4, 0.5) is 10.5 Å². The van der Waals surface area contributed by atoms with Crippen molar-refractivity contribution in [3.8, 4) is 17.2 Å². The normalized spacial score (nSPS) is 23.2. The molecule has 1 unspecified atom stereocenters. The Bertz CT molecular complexity index is 904. The third kappa shape index (κ3) is 2.90. The van der Waals surface area contributed by atoms with Gasteiger partial charge in [-0.05, 0) is 38.1 Å². The van der Waals surface area contributed by atoms with Gasteiger partial charge in [0, 0.05) is 16.5 Å². The van der Waals surface area contributed by atoms with Crippen molar-refractivity contribution in [3.63, 3.8) is 0 Å². The van der Waals surface area contributed by atoms with Crippen molar-refractivity contribution in [3.05, 3.63) is 46.4 Å². The number of fused-ring (bicyclic) bond motifs is 4. The molecular formula is C20H21BrN2O4. The van der Waals surface area contributed by atoms with Crippen LogP contribution in [0.25, 0.3) is 0 Å². The van der Waals surface area contributed by atoms with Crippen molar-refractivity contribution in [2.24, 2.45) is 0 Å². The number of nitrogens with zero attached hydrogens (tertiary/aromatic N) is 1. The molecule has 2 aliphatic heterocycles. The molecule has 2 aromatic rings. The maximum atomic E-state index is 13.1. The molecule has 4 rings (SSSR count). The van der Waals surface area contributed by atoms with Crippen molar-refractivity contribution in [2.75, 3.05) is 18.6 Å². The van der Waals surface area contributed by atoms with Crippen molar-refractivity contribution < 1.29 is 19.0 Å². The Balaban J connectivity index is 1.83. The van der Waals surface area contributed by atoms with Gasteiger partial charge in [0.05, 0.1) is 25.4 Å². The lowest BCUT2D eigenvalue weighted by Gasteiger charge is -2.50. The van der Waals surface area contributed by atoms with Crippen LogP contribution in [0.2, 0.25) is 0 Å². The average molecular weight is 433 g/mol. The molecule has 2 bridgehead atoms. The van der Waals surface area contributed by atoms with Gasteiger partial charge in [-0.2, -0.15) is 0 Å².